The zero-order valence-corrected chi connectivity index (χ0v) is 27.2. The molecule has 6 rings (SSSR count). The number of pyridine rings is 1. The maximum absolute atomic E-state index is 14.0. The molecule has 1 aromatic heterocycles. The van der Waals surface area contributed by atoms with Crippen molar-refractivity contribution in [3.05, 3.63) is 138 Å². The van der Waals surface area contributed by atoms with Gasteiger partial charge >= 0.3 is 5.97 Å². The molecule has 240 valence electrons. The number of sulfonamides is 1. The van der Waals surface area contributed by atoms with Gasteiger partial charge in [-0.3, -0.25) is 14.3 Å². The van der Waals surface area contributed by atoms with Crippen LogP contribution in [0, 0.1) is 5.92 Å². The quantitative estimate of drug-likeness (QED) is 0.110. The van der Waals surface area contributed by atoms with Crippen LogP contribution in [-0.2, 0) is 37.2 Å². The average Bonchev–Trinajstić information content (AvgIpc) is 3.09. The molecule has 0 saturated carbocycles. The number of aromatic nitrogens is 1. The summed E-state index contributed by atoms with van der Waals surface area (Å²) < 4.78 is 35.6. The van der Waals surface area contributed by atoms with Crippen molar-refractivity contribution >= 4 is 38.4 Å². The van der Waals surface area contributed by atoms with Crippen LogP contribution < -0.4 is 4.72 Å². The largest absolute Gasteiger partial charge is 0.458 e. The first-order chi connectivity index (χ1) is 22.7. The van der Waals surface area contributed by atoms with Crippen LogP contribution in [0.5, 0.6) is 0 Å². The molecule has 8 heteroatoms. The van der Waals surface area contributed by atoms with Crippen LogP contribution in [0.2, 0.25) is 0 Å². The number of nitrogens with one attached hydrogen (secondary N) is 1. The molecule has 0 aliphatic carbocycles. The summed E-state index contributed by atoms with van der Waals surface area (Å²) in [4.78, 5) is 32.2. The summed E-state index contributed by atoms with van der Waals surface area (Å²) >= 11 is 0. The maximum atomic E-state index is 14.0. The van der Waals surface area contributed by atoms with E-state index in [4.69, 9.17) is 4.74 Å². The van der Waals surface area contributed by atoms with Gasteiger partial charge in [0.15, 0.2) is 10.8 Å². The summed E-state index contributed by atoms with van der Waals surface area (Å²) in [7, 11) is -3.99. The molecule has 2 heterocycles. The second-order valence-corrected chi connectivity index (χ2v) is 13.9. The summed E-state index contributed by atoms with van der Waals surface area (Å²) in [5, 5.41) is 0.745. The Kier molecular flexibility index (Phi) is 9.50. The Bertz CT molecular complexity index is 1920. The number of Topliss-reactive ketones (excluding diaryl/α,β-unsaturated/α-hetero) is 1. The molecule has 7 nitrogen and oxygen atoms in total. The molecule has 2 unspecified atom stereocenters. The molecular weight excluding hydrogens is 609 g/mol. The predicted molar refractivity (Wildman–Crippen MR) is 183 cm³/mol. The number of hydrogen-bond donors (Lipinski definition) is 1. The number of fused-ring (bicyclic) bond motifs is 1. The zero-order chi connectivity index (χ0) is 32.9. The van der Waals surface area contributed by atoms with Gasteiger partial charge in [0.05, 0.1) is 5.52 Å². The number of aryl methyl sites for hydroxylation is 2. The first-order valence-corrected chi connectivity index (χ1v) is 17.6. The van der Waals surface area contributed by atoms with E-state index < -0.39 is 33.4 Å². The molecule has 1 saturated heterocycles. The van der Waals surface area contributed by atoms with Crippen molar-refractivity contribution in [3.63, 3.8) is 0 Å². The Balaban J connectivity index is 1.22. The number of carbonyl (C=O) groups is 2. The number of rotatable bonds is 12. The number of benzene rings is 4. The third kappa shape index (κ3) is 7.44. The molecule has 47 heavy (non-hydrogen) atoms. The second-order valence-electron chi connectivity index (χ2n) is 12.3. The molecule has 0 spiro atoms. The van der Waals surface area contributed by atoms with E-state index in [-0.39, 0.29) is 17.2 Å². The van der Waals surface area contributed by atoms with Crippen molar-refractivity contribution in [2.75, 3.05) is 4.72 Å². The Morgan fingerprint density at radius 1 is 0.809 bits per heavy atom. The fourth-order valence-electron chi connectivity index (χ4n) is 6.60. The van der Waals surface area contributed by atoms with Gasteiger partial charge in [0.2, 0.25) is 0 Å². The van der Waals surface area contributed by atoms with Gasteiger partial charge in [-0.15, -0.1) is 0 Å². The van der Waals surface area contributed by atoms with Crippen LogP contribution >= 0.6 is 0 Å². The summed E-state index contributed by atoms with van der Waals surface area (Å²) in [5.41, 5.74) is 2.94. The van der Waals surface area contributed by atoms with Crippen LogP contribution in [0.4, 0.5) is 5.69 Å². The molecule has 0 radical (unpaired) electrons. The fourth-order valence-corrected chi connectivity index (χ4v) is 7.61. The maximum Gasteiger partial charge on any atom is 0.317 e. The SMILES string of the molecule is CCC(c1cccc(NS(=O)(=O)c2ccc3ccccc3n2)c1)C1C(=O)CC(CCc2ccccc2)(CCc2ccccc2)OC1=O. The number of esters is 1. The second kappa shape index (κ2) is 13.9. The van der Waals surface area contributed by atoms with Crippen LogP contribution in [0.3, 0.4) is 0 Å². The minimum Gasteiger partial charge on any atom is -0.458 e. The van der Waals surface area contributed by atoms with Crippen molar-refractivity contribution in [2.45, 2.75) is 62.0 Å². The molecule has 2 atom stereocenters. The molecule has 0 amide bonds. The van der Waals surface area contributed by atoms with Crippen LogP contribution in [0.25, 0.3) is 10.9 Å². The van der Waals surface area contributed by atoms with E-state index in [9.17, 15) is 18.0 Å². The number of nitrogens with zero attached hydrogens (tertiary/aromatic N) is 1. The number of ether oxygens (including phenoxy) is 1. The highest BCUT2D eigenvalue weighted by atomic mass is 32.2. The van der Waals surface area contributed by atoms with Gasteiger partial charge in [-0.2, -0.15) is 8.42 Å². The van der Waals surface area contributed by atoms with Crippen LogP contribution in [-0.4, -0.2) is 30.8 Å². The lowest BCUT2D eigenvalue weighted by atomic mass is 9.74. The molecule has 1 aliphatic heterocycles. The molecule has 1 N–H and O–H groups in total. The third-order valence-corrected chi connectivity index (χ3v) is 10.4. The van der Waals surface area contributed by atoms with Crippen molar-refractivity contribution in [2.24, 2.45) is 5.92 Å². The van der Waals surface area contributed by atoms with Gasteiger partial charge in [0.25, 0.3) is 10.0 Å². The minimum absolute atomic E-state index is 0.0953. The summed E-state index contributed by atoms with van der Waals surface area (Å²) in [5.74, 6) is -2.10. The Labute approximate surface area is 276 Å². The lowest BCUT2D eigenvalue weighted by Crippen LogP contribution is -2.49. The smallest absolute Gasteiger partial charge is 0.317 e. The predicted octanol–water partition coefficient (Wildman–Crippen LogP) is 7.67. The minimum atomic E-state index is -3.99. The topological polar surface area (TPSA) is 102 Å². The van der Waals surface area contributed by atoms with Crippen molar-refractivity contribution < 1.29 is 22.7 Å². The fraction of sp³-hybridized carbons (Fsp3) is 0.256. The van der Waals surface area contributed by atoms with Gasteiger partial charge in [0, 0.05) is 23.4 Å². The first-order valence-electron chi connectivity index (χ1n) is 16.1. The van der Waals surface area contributed by atoms with E-state index in [1.807, 2.05) is 91.9 Å². The van der Waals surface area contributed by atoms with Gasteiger partial charge < -0.3 is 4.74 Å². The monoisotopic (exact) mass is 646 g/mol. The summed E-state index contributed by atoms with van der Waals surface area (Å²) in [6, 6.07) is 37.5. The van der Waals surface area contributed by atoms with Crippen molar-refractivity contribution in [1.82, 2.24) is 4.98 Å². The van der Waals surface area contributed by atoms with E-state index in [1.165, 1.54) is 6.07 Å². The number of carbonyl (C=O) groups excluding carboxylic acids is 2. The molecule has 1 aliphatic rings. The van der Waals surface area contributed by atoms with Gasteiger partial charge in [-0.1, -0.05) is 97.9 Å². The number of anilines is 1. The molecule has 4 aromatic carbocycles. The zero-order valence-electron chi connectivity index (χ0n) is 26.3. The van der Waals surface area contributed by atoms with Gasteiger partial charge in [-0.25, -0.2) is 4.98 Å². The molecule has 0 bridgehead atoms. The third-order valence-electron chi connectivity index (χ3n) is 9.10. The van der Waals surface area contributed by atoms with E-state index in [1.54, 1.807) is 30.3 Å². The normalized spacial score (nSPS) is 16.8. The van der Waals surface area contributed by atoms with E-state index in [0.29, 0.717) is 48.9 Å². The molecular formula is C39H38N2O5S. The lowest BCUT2D eigenvalue weighted by molar-refractivity contribution is -0.180. The Morgan fingerprint density at radius 3 is 2.09 bits per heavy atom. The van der Waals surface area contributed by atoms with Crippen LogP contribution in [0.15, 0.2) is 126 Å². The van der Waals surface area contributed by atoms with E-state index in [0.717, 1.165) is 16.5 Å². The number of hydrogen-bond acceptors (Lipinski definition) is 6. The summed E-state index contributed by atoms with van der Waals surface area (Å²) in [6.07, 6.45) is 3.10. The molecule has 1 fully saturated rings. The van der Waals surface area contributed by atoms with E-state index >= 15 is 0 Å². The number of para-hydroxylation sites is 1. The van der Waals surface area contributed by atoms with Gasteiger partial charge in [0.1, 0.15) is 11.5 Å². The highest BCUT2D eigenvalue weighted by Gasteiger charge is 2.49. The highest BCUT2D eigenvalue weighted by Crippen LogP contribution is 2.41. The Hall–Kier alpha value is -4.82. The Morgan fingerprint density at radius 2 is 1.45 bits per heavy atom. The number of cyclic esters (lactones) is 1. The standard InChI is InChI=1S/C39H38N2O5S/c1-2-33(31-17-11-18-32(26-31)41-47(44,45)36-21-20-30-16-9-10-19-34(30)40-36)37-35(42)27-39(46-38(37)43,24-22-28-12-5-3-6-13-28)25-23-29-14-7-4-8-15-29/h3-21,26,33,37,41H,2,22-25,27H2,1H3. The van der Waals surface area contributed by atoms with E-state index in [2.05, 4.69) is 9.71 Å². The van der Waals surface area contributed by atoms with Crippen molar-refractivity contribution in [3.8, 4) is 0 Å². The summed E-state index contributed by atoms with van der Waals surface area (Å²) in [6.45, 7) is 1.92. The lowest BCUT2D eigenvalue weighted by Gasteiger charge is -2.41. The van der Waals surface area contributed by atoms with Crippen molar-refractivity contribution in [1.29, 1.82) is 0 Å². The average molecular weight is 647 g/mol. The highest BCUT2D eigenvalue weighted by molar-refractivity contribution is 7.92. The van der Waals surface area contributed by atoms with Crippen LogP contribution in [0.1, 0.15) is 55.2 Å². The number of ketones is 1. The molecule has 5 aromatic rings. The first kappa shape index (κ1) is 32.1. The van der Waals surface area contributed by atoms with Gasteiger partial charge in [-0.05, 0) is 79.1 Å².